The van der Waals surface area contributed by atoms with E-state index in [-0.39, 0.29) is 17.3 Å². The molecule has 0 atom stereocenters. The van der Waals surface area contributed by atoms with Crippen LogP contribution in [0.15, 0.2) is 34.0 Å². The molecule has 11 heteroatoms. The molecule has 2 heterocycles. The summed E-state index contributed by atoms with van der Waals surface area (Å²) in [6.45, 7) is 1.96. The van der Waals surface area contributed by atoms with E-state index in [1.165, 1.54) is 10.9 Å². The molecule has 0 saturated heterocycles. The first-order chi connectivity index (χ1) is 13.1. The maximum atomic E-state index is 12.4. The van der Waals surface area contributed by atoms with Crippen molar-refractivity contribution in [2.45, 2.75) is 19.8 Å². The number of nitrogens with zero attached hydrogens (tertiary/aromatic N) is 6. The second-order valence-corrected chi connectivity index (χ2v) is 5.49. The predicted molar refractivity (Wildman–Crippen MR) is 95.7 cm³/mol. The van der Waals surface area contributed by atoms with Crippen molar-refractivity contribution < 1.29 is 14.2 Å². The molecule has 2 aromatic heterocycles. The summed E-state index contributed by atoms with van der Waals surface area (Å²) in [4.78, 5) is 12.4. The van der Waals surface area contributed by atoms with E-state index < -0.39 is 5.91 Å². The zero-order chi connectivity index (χ0) is 19.2. The molecule has 11 nitrogen and oxygen atoms in total. The molecule has 3 rings (SSSR count). The van der Waals surface area contributed by atoms with Gasteiger partial charge in [-0.1, -0.05) is 18.6 Å². The first-order valence-corrected chi connectivity index (χ1v) is 8.14. The minimum Gasteiger partial charge on any atom is -0.497 e. The number of carbonyl (C=O) groups is 1. The third kappa shape index (κ3) is 3.92. The molecule has 0 aliphatic rings. The number of ether oxygens (including phenoxy) is 1. The summed E-state index contributed by atoms with van der Waals surface area (Å²) in [5.41, 5.74) is 9.61. The van der Waals surface area contributed by atoms with E-state index in [0.29, 0.717) is 12.1 Å². The van der Waals surface area contributed by atoms with Crippen LogP contribution in [0, 0.1) is 0 Å². The van der Waals surface area contributed by atoms with Crippen molar-refractivity contribution in [3.8, 4) is 11.6 Å². The van der Waals surface area contributed by atoms with Crippen molar-refractivity contribution in [3.05, 3.63) is 41.2 Å². The molecule has 1 aromatic carbocycles. The molecule has 27 heavy (non-hydrogen) atoms. The summed E-state index contributed by atoms with van der Waals surface area (Å²) in [5.74, 6) is 0.483. The van der Waals surface area contributed by atoms with Crippen molar-refractivity contribution in [3.63, 3.8) is 0 Å². The van der Waals surface area contributed by atoms with Gasteiger partial charge >= 0.3 is 0 Å². The molecular formula is C16H18N8O3. The summed E-state index contributed by atoms with van der Waals surface area (Å²) in [5, 5.41) is 19.0. The molecule has 3 N–H and O–H groups in total. The molecule has 0 saturated carbocycles. The quantitative estimate of drug-likeness (QED) is 0.462. The van der Waals surface area contributed by atoms with Gasteiger partial charge in [-0.3, -0.25) is 4.79 Å². The van der Waals surface area contributed by atoms with E-state index in [4.69, 9.17) is 10.5 Å². The van der Waals surface area contributed by atoms with Gasteiger partial charge in [0.2, 0.25) is 11.6 Å². The molecule has 140 valence electrons. The number of anilines is 1. The highest BCUT2D eigenvalue weighted by atomic mass is 16.6. The number of nitrogens with one attached hydrogen (secondary N) is 1. The Balaban J connectivity index is 1.77. The fourth-order valence-corrected chi connectivity index (χ4v) is 2.36. The average molecular weight is 370 g/mol. The lowest BCUT2D eigenvalue weighted by Crippen LogP contribution is -2.20. The normalized spacial score (nSPS) is 11.0. The Hall–Kier alpha value is -3.76. The van der Waals surface area contributed by atoms with Gasteiger partial charge < -0.3 is 10.5 Å². The molecule has 0 fully saturated rings. The lowest BCUT2D eigenvalue weighted by atomic mass is 10.2. The van der Waals surface area contributed by atoms with Crippen LogP contribution in [0.4, 0.5) is 5.82 Å². The number of nitrogen functional groups attached to an aromatic ring is 1. The van der Waals surface area contributed by atoms with Crippen LogP contribution in [0.1, 0.15) is 35.1 Å². The number of amides is 1. The van der Waals surface area contributed by atoms with Crippen molar-refractivity contribution in [1.29, 1.82) is 0 Å². The van der Waals surface area contributed by atoms with Crippen LogP contribution < -0.4 is 15.9 Å². The van der Waals surface area contributed by atoms with Gasteiger partial charge in [-0.25, -0.2) is 10.1 Å². The summed E-state index contributed by atoms with van der Waals surface area (Å²) in [6, 6.07) is 7.22. The minimum absolute atomic E-state index is 0.0572. The van der Waals surface area contributed by atoms with Crippen molar-refractivity contribution in [2.75, 3.05) is 12.8 Å². The van der Waals surface area contributed by atoms with Gasteiger partial charge in [-0.15, -0.1) is 5.10 Å². The Labute approximate surface area is 154 Å². The first-order valence-electron chi connectivity index (χ1n) is 8.14. The van der Waals surface area contributed by atoms with Crippen LogP contribution in [0.3, 0.4) is 0 Å². The molecule has 0 aliphatic carbocycles. The molecule has 0 aliphatic heterocycles. The Morgan fingerprint density at radius 2 is 2.15 bits per heavy atom. The average Bonchev–Trinajstić information content (AvgIpc) is 3.28. The Morgan fingerprint density at radius 1 is 1.37 bits per heavy atom. The van der Waals surface area contributed by atoms with E-state index in [0.717, 1.165) is 17.7 Å². The Bertz CT molecular complexity index is 945. The SMILES string of the molecule is CCCc1c(C(=O)N/N=C/c2ccc(OC)cc2)nnn1-c1nonc1N. The Morgan fingerprint density at radius 3 is 2.78 bits per heavy atom. The van der Waals surface area contributed by atoms with E-state index in [1.807, 2.05) is 19.1 Å². The molecule has 0 spiro atoms. The third-order valence-electron chi connectivity index (χ3n) is 3.66. The maximum Gasteiger partial charge on any atom is 0.293 e. The molecule has 3 aromatic rings. The lowest BCUT2D eigenvalue weighted by Gasteiger charge is -2.03. The monoisotopic (exact) mass is 370 g/mol. The number of hydrazone groups is 1. The van der Waals surface area contributed by atoms with Gasteiger partial charge in [0.15, 0.2) is 5.69 Å². The van der Waals surface area contributed by atoms with Gasteiger partial charge in [0.25, 0.3) is 5.91 Å². The van der Waals surface area contributed by atoms with Gasteiger partial charge in [-0.2, -0.15) is 9.78 Å². The topological polar surface area (TPSA) is 146 Å². The van der Waals surface area contributed by atoms with Gasteiger partial charge in [0, 0.05) is 0 Å². The van der Waals surface area contributed by atoms with Crippen LogP contribution in [0.2, 0.25) is 0 Å². The molecular weight excluding hydrogens is 352 g/mol. The third-order valence-corrected chi connectivity index (χ3v) is 3.66. The van der Waals surface area contributed by atoms with Crippen molar-refractivity contribution in [2.24, 2.45) is 5.10 Å². The van der Waals surface area contributed by atoms with E-state index >= 15 is 0 Å². The van der Waals surface area contributed by atoms with Gasteiger partial charge in [0.05, 0.1) is 19.0 Å². The van der Waals surface area contributed by atoms with Gasteiger partial charge in [0.1, 0.15) is 5.75 Å². The maximum absolute atomic E-state index is 12.4. The molecule has 0 bridgehead atoms. The smallest absolute Gasteiger partial charge is 0.293 e. The highest BCUT2D eigenvalue weighted by Gasteiger charge is 2.23. The second kappa shape index (κ2) is 8.08. The highest BCUT2D eigenvalue weighted by molar-refractivity contribution is 5.94. The van der Waals surface area contributed by atoms with E-state index in [1.54, 1.807) is 19.2 Å². The number of nitrogens with two attached hydrogens (primary N) is 1. The highest BCUT2D eigenvalue weighted by Crippen LogP contribution is 2.17. The summed E-state index contributed by atoms with van der Waals surface area (Å²) < 4.78 is 11.0. The second-order valence-electron chi connectivity index (χ2n) is 5.49. The summed E-state index contributed by atoms with van der Waals surface area (Å²) in [6.07, 6.45) is 2.80. The molecule has 1 amide bonds. The summed E-state index contributed by atoms with van der Waals surface area (Å²) >= 11 is 0. The molecule has 0 radical (unpaired) electrons. The largest absolute Gasteiger partial charge is 0.497 e. The van der Waals surface area contributed by atoms with Crippen LogP contribution in [-0.2, 0) is 6.42 Å². The standard InChI is InChI=1S/C16H18N8O3/c1-3-4-12-13(19-23-24(12)15-14(17)21-27-22-15)16(25)20-18-9-10-5-7-11(26-2)8-6-10/h5-9H,3-4H2,1-2H3,(H2,17,21)(H,20,25)/b18-9+. The van der Waals surface area contributed by atoms with Crippen molar-refractivity contribution >= 4 is 17.9 Å². The van der Waals surface area contributed by atoms with Crippen LogP contribution in [-0.4, -0.2) is 44.5 Å². The zero-order valence-electron chi connectivity index (χ0n) is 14.8. The predicted octanol–water partition coefficient (Wildman–Crippen LogP) is 0.957. The van der Waals surface area contributed by atoms with Crippen LogP contribution >= 0.6 is 0 Å². The number of methoxy groups -OCH3 is 1. The van der Waals surface area contributed by atoms with E-state index in [2.05, 4.69) is 35.8 Å². The number of carbonyl (C=O) groups excluding carboxylic acids is 1. The van der Waals surface area contributed by atoms with Crippen LogP contribution in [0.5, 0.6) is 5.75 Å². The van der Waals surface area contributed by atoms with Crippen LogP contribution in [0.25, 0.3) is 5.82 Å². The number of rotatable bonds is 7. The zero-order valence-corrected chi connectivity index (χ0v) is 14.8. The fraction of sp³-hybridized carbons (Fsp3) is 0.250. The van der Waals surface area contributed by atoms with Gasteiger partial charge in [-0.05, 0) is 46.6 Å². The number of benzene rings is 1. The Kier molecular flexibility index (Phi) is 5.40. The minimum atomic E-state index is -0.496. The number of hydrogen-bond acceptors (Lipinski definition) is 9. The first kappa shape index (κ1) is 18.0. The van der Waals surface area contributed by atoms with Crippen molar-refractivity contribution in [1.82, 2.24) is 30.7 Å². The lowest BCUT2D eigenvalue weighted by molar-refractivity contribution is 0.0949. The number of aromatic nitrogens is 5. The summed E-state index contributed by atoms with van der Waals surface area (Å²) in [7, 11) is 1.59. The molecule has 0 unspecified atom stereocenters. The fourth-order valence-electron chi connectivity index (χ4n) is 2.36. The number of hydrogen-bond donors (Lipinski definition) is 2. The van der Waals surface area contributed by atoms with E-state index in [9.17, 15) is 4.79 Å².